The summed E-state index contributed by atoms with van der Waals surface area (Å²) < 4.78 is 0. The maximum absolute atomic E-state index is 3.84. The molecule has 0 aliphatic heterocycles. The summed E-state index contributed by atoms with van der Waals surface area (Å²) in [6.45, 7) is 9.63. The van der Waals surface area contributed by atoms with E-state index in [0.29, 0.717) is 0 Å². The molecule has 1 unspecified atom stereocenters. The third-order valence-corrected chi connectivity index (χ3v) is 4.74. The molecule has 1 fully saturated rings. The Morgan fingerprint density at radius 3 is 2.47 bits per heavy atom. The Balaban J connectivity index is 2.34. The lowest BCUT2D eigenvalue weighted by atomic mass is 9.76. The standard InChI is InChI=1S/C18H35N/c1-4-7-8-10-18(19-15-6-3)17-13-11-16(9-5-2)12-14-17/h4,16-19H,1,5-15H2,2-3H3. The van der Waals surface area contributed by atoms with Crippen molar-refractivity contribution in [1.82, 2.24) is 5.32 Å². The molecule has 0 spiro atoms. The highest BCUT2D eigenvalue weighted by atomic mass is 14.9. The van der Waals surface area contributed by atoms with Crippen LogP contribution >= 0.6 is 0 Å². The van der Waals surface area contributed by atoms with Crippen molar-refractivity contribution in [3.8, 4) is 0 Å². The SMILES string of the molecule is C=CCCCC(NCCC)C1CCC(CCC)CC1. The van der Waals surface area contributed by atoms with Crippen molar-refractivity contribution < 1.29 is 0 Å². The van der Waals surface area contributed by atoms with E-state index in [1.165, 1.54) is 70.8 Å². The number of hydrogen-bond donors (Lipinski definition) is 1. The fraction of sp³-hybridized carbons (Fsp3) is 0.889. The molecule has 1 N–H and O–H groups in total. The van der Waals surface area contributed by atoms with Crippen LogP contribution in [0.4, 0.5) is 0 Å². The van der Waals surface area contributed by atoms with Crippen molar-refractivity contribution in [1.29, 1.82) is 0 Å². The Morgan fingerprint density at radius 2 is 1.89 bits per heavy atom. The molecule has 0 aromatic carbocycles. The van der Waals surface area contributed by atoms with Crippen molar-refractivity contribution in [2.75, 3.05) is 6.54 Å². The molecule has 0 heterocycles. The number of rotatable bonds is 10. The maximum Gasteiger partial charge on any atom is 0.00954 e. The molecule has 0 bridgehead atoms. The van der Waals surface area contributed by atoms with Crippen LogP contribution < -0.4 is 5.32 Å². The molecule has 1 rings (SSSR count). The summed E-state index contributed by atoms with van der Waals surface area (Å²) in [6.07, 6.45) is 15.8. The third-order valence-electron chi connectivity index (χ3n) is 4.74. The Labute approximate surface area is 121 Å². The molecule has 1 atom stereocenters. The van der Waals surface area contributed by atoms with E-state index in [-0.39, 0.29) is 0 Å². The maximum atomic E-state index is 3.84. The lowest BCUT2D eigenvalue weighted by Crippen LogP contribution is -2.38. The summed E-state index contributed by atoms with van der Waals surface area (Å²) in [5, 5.41) is 3.81. The van der Waals surface area contributed by atoms with Crippen molar-refractivity contribution in [3.05, 3.63) is 12.7 Å². The summed E-state index contributed by atoms with van der Waals surface area (Å²) >= 11 is 0. The van der Waals surface area contributed by atoms with E-state index in [2.05, 4.69) is 31.8 Å². The van der Waals surface area contributed by atoms with Crippen LogP contribution in [0.25, 0.3) is 0 Å². The number of nitrogens with one attached hydrogen (secondary N) is 1. The van der Waals surface area contributed by atoms with Gasteiger partial charge in [0.15, 0.2) is 0 Å². The van der Waals surface area contributed by atoms with Crippen LogP contribution in [0, 0.1) is 11.8 Å². The molecule has 0 amide bonds. The molecule has 1 saturated carbocycles. The Bertz CT molecular complexity index is 216. The minimum absolute atomic E-state index is 0.766. The van der Waals surface area contributed by atoms with E-state index < -0.39 is 0 Å². The summed E-state index contributed by atoms with van der Waals surface area (Å²) in [4.78, 5) is 0. The second-order valence-electron chi connectivity index (χ2n) is 6.35. The molecule has 19 heavy (non-hydrogen) atoms. The van der Waals surface area contributed by atoms with Gasteiger partial charge in [0.05, 0.1) is 0 Å². The van der Waals surface area contributed by atoms with Crippen LogP contribution in [0.3, 0.4) is 0 Å². The summed E-state index contributed by atoms with van der Waals surface area (Å²) in [5.41, 5.74) is 0. The van der Waals surface area contributed by atoms with E-state index >= 15 is 0 Å². The zero-order valence-electron chi connectivity index (χ0n) is 13.3. The number of allylic oxidation sites excluding steroid dienone is 1. The minimum atomic E-state index is 0.766. The average molecular weight is 265 g/mol. The molecule has 0 aromatic heterocycles. The molecule has 0 saturated heterocycles. The Hall–Kier alpha value is -0.300. The first-order chi connectivity index (χ1) is 9.31. The molecule has 0 radical (unpaired) electrons. The molecular formula is C18H35N. The van der Waals surface area contributed by atoms with Crippen LogP contribution in [0.2, 0.25) is 0 Å². The predicted octanol–water partition coefficient (Wildman–Crippen LogP) is 5.32. The fourth-order valence-corrected chi connectivity index (χ4v) is 3.60. The zero-order chi connectivity index (χ0) is 13.9. The van der Waals surface area contributed by atoms with E-state index in [4.69, 9.17) is 0 Å². The smallest absolute Gasteiger partial charge is 0.00954 e. The van der Waals surface area contributed by atoms with Gasteiger partial charge < -0.3 is 5.32 Å². The van der Waals surface area contributed by atoms with E-state index in [0.717, 1.165) is 17.9 Å². The van der Waals surface area contributed by atoms with Gasteiger partial charge in [-0.3, -0.25) is 0 Å². The molecule has 0 aromatic rings. The zero-order valence-corrected chi connectivity index (χ0v) is 13.3. The predicted molar refractivity (Wildman–Crippen MR) is 86.5 cm³/mol. The van der Waals surface area contributed by atoms with Gasteiger partial charge in [0.2, 0.25) is 0 Å². The van der Waals surface area contributed by atoms with Gasteiger partial charge in [0.1, 0.15) is 0 Å². The van der Waals surface area contributed by atoms with E-state index in [1.807, 2.05) is 0 Å². The summed E-state index contributed by atoms with van der Waals surface area (Å²) in [5.74, 6) is 1.96. The highest BCUT2D eigenvalue weighted by Crippen LogP contribution is 2.34. The first-order valence-electron chi connectivity index (χ1n) is 8.66. The summed E-state index contributed by atoms with van der Waals surface area (Å²) in [7, 11) is 0. The average Bonchev–Trinajstić information content (AvgIpc) is 2.44. The molecule has 1 aliphatic carbocycles. The fourth-order valence-electron chi connectivity index (χ4n) is 3.60. The van der Waals surface area contributed by atoms with E-state index in [9.17, 15) is 0 Å². The number of hydrogen-bond acceptors (Lipinski definition) is 1. The van der Waals surface area contributed by atoms with Gasteiger partial charge in [-0.1, -0.05) is 45.6 Å². The molecule has 1 heteroatoms. The molecule has 1 aliphatic rings. The van der Waals surface area contributed by atoms with Crippen molar-refractivity contribution in [3.63, 3.8) is 0 Å². The third kappa shape index (κ3) is 6.61. The van der Waals surface area contributed by atoms with Gasteiger partial charge in [-0.25, -0.2) is 0 Å². The lowest BCUT2D eigenvalue weighted by Gasteiger charge is -2.34. The van der Waals surface area contributed by atoms with E-state index in [1.54, 1.807) is 0 Å². The molecule has 1 nitrogen and oxygen atoms in total. The minimum Gasteiger partial charge on any atom is -0.314 e. The first-order valence-corrected chi connectivity index (χ1v) is 8.66. The number of unbranched alkanes of at least 4 members (excludes halogenated alkanes) is 1. The highest BCUT2D eigenvalue weighted by Gasteiger charge is 2.26. The highest BCUT2D eigenvalue weighted by molar-refractivity contribution is 4.82. The van der Waals surface area contributed by atoms with Crippen LogP contribution in [-0.2, 0) is 0 Å². The second-order valence-corrected chi connectivity index (χ2v) is 6.35. The van der Waals surface area contributed by atoms with Crippen LogP contribution in [-0.4, -0.2) is 12.6 Å². The summed E-state index contributed by atoms with van der Waals surface area (Å²) in [6, 6.07) is 0.766. The second kappa shape index (κ2) is 10.5. The van der Waals surface area contributed by atoms with Crippen molar-refractivity contribution in [2.45, 2.75) is 84.1 Å². The Morgan fingerprint density at radius 1 is 1.16 bits per heavy atom. The topological polar surface area (TPSA) is 12.0 Å². The van der Waals surface area contributed by atoms with Gasteiger partial charge in [-0.05, 0) is 56.9 Å². The van der Waals surface area contributed by atoms with Gasteiger partial charge in [-0.2, -0.15) is 0 Å². The van der Waals surface area contributed by atoms with Gasteiger partial charge in [0, 0.05) is 6.04 Å². The van der Waals surface area contributed by atoms with Gasteiger partial charge in [0.25, 0.3) is 0 Å². The molecular weight excluding hydrogens is 230 g/mol. The van der Waals surface area contributed by atoms with Crippen LogP contribution in [0.1, 0.15) is 78.1 Å². The monoisotopic (exact) mass is 265 g/mol. The molecule has 112 valence electrons. The largest absolute Gasteiger partial charge is 0.314 e. The quantitative estimate of drug-likeness (QED) is 0.416. The van der Waals surface area contributed by atoms with Crippen LogP contribution in [0.5, 0.6) is 0 Å². The lowest BCUT2D eigenvalue weighted by molar-refractivity contribution is 0.205. The first kappa shape index (κ1) is 16.8. The Kier molecular flexibility index (Phi) is 9.24. The van der Waals surface area contributed by atoms with Crippen molar-refractivity contribution >= 4 is 0 Å². The van der Waals surface area contributed by atoms with Crippen molar-refractivity contribution in [2.24, 2.45) is 11.8 Å². The van der Waals surface area contributed by atoms with Gasteiger partial charge >= 0.3 is 0 Å². The van der Waals surface area contributed by atoms with Gasteiger partial charge in [-0.15, -0.1) is 6.58 Å². The normalized spacial score (nSPS) is 25.2. The van der Waals surface area contributed by atoms with Crippen LogP contribution in [0.15, 0.2) is 12.7 Å².